The van der Waals surface area contributed by atoms with Gasteiger partial charge in [0.15, 0.2) is 14.4 Å². The van der Waals surface area contributed by atoms with Crippen LogP contribution in [0.5, 0.6) is 0 Å². The first kappa shape index (κ1) is 22.2. The van der Waals surface area contributed by atoms with Crippen molar-refractivity contribution in [1.29, 1.82) is 0 Å². The zero-order chi connectivity index (χ0) is 19.6. The molecule has 1 N–H and O–H groups in total. The fourth-order valence-corrected chi connectivity index (χ4v) is 3.27. The van der Waals surface area contributed by atoms with E-state index in [0.717, 1.165) is 0 Å². The Bertz CT molecular complexity index is 585. The van der Waals surface area contributed by atoms with Crippen molar-refractivity contribution in [2.75, 3.05) is 0 Å². The quantitative estimate of drug-likeness (QED) is 0.564. The molecule has 0 amide bonds. The number of hydrogen-bond donors (Lipinski definition) is 1. The van der Waals surface area contributed by atoms with E-state index in [1.54, 1.807) is 45.0 Å². The number of hydrogen-bond acceptors (Lipinski definition) is 4. The van der Waals surface area contributed by atoms with Gasteiger partial charge in [-0.25, -0.2) is 4.79 Å². The fourth-order valence-electron chi connectivity index (χ4n) is 1.93. The molecule has 2 unspecified atom stereocenters. The van der Waals surface area contributed by atoms with Crippen molar-refractivity contribution >= 4 is 25.9 Å². The summed E-state index contributed by atoms with van der Waals surface area (Å²) in [5.74, 6) is -0.556. The van der Waals surface area contributed by atoms with Crippen LogP contribution >= 0.6 is 11.6 Å². The van der Waals surface area contributed by atoms with Gasteiger partial charge in [-0.1, -0.05) is 44.5 Å². The number of aliphatic hydroxyl groups is 1. The van der Waals surface area contributed by atoms with Crippen molar-refractivity contribution in [2.45, 2.75) is 77.5 Å². The van der Waals surface area contributed by atoms with Gasteiger partial charge >= 0.3 is 5.97 Å². The molecule has 0 radical (unpaired) electrons. The van der Waals surface area contributed by atoms with Crippen LogP contribution in [0.4, 0.5) is 0 Å². The zero-order valence-corrected chi connectivity index (χ0v) is 18.3. The van der Waals surface area contributed by atoms with Crippen LogP contribution in [-0.4, -0.2) is 31.1 Å². The van der Waals surface area contributed by atoms with Crippen molar-refractivity contribution in [3.63, 3.8) is 0 Å². The van der Waals surface area contributed by atoms with Gasteiger partial charge in [-0.3, -0.25) is 0 Å². The van der Waals surface area contributed by atoms with Crippen LogP contribution < -0.4 is 0 Å². The number of carbonyl (C=O) groups excluding carboxylic acids is 1. The highest BCUT2D eigenvalue weighted by atomic mass is 35.5. The van der Waals surface area contributed by atoms with Crippen molar-refractivity contribution in [1.82, 2.24) is 0 Å². The van der Waals surface area contributed by atoms with Crippen LogP contribution in [-0.2, 0) is 14.0 Å². The van der Waals surface area contributed by atoms with Crippen LogP contribution in [0.3, 0.4) is 0 Å². The van der Waals surface area contributed by atoms with Gasteiger partial charge in [-0.15, -0.1) is 0 Å². The summed E-state index contributed by atoms with van der Waals surface area (Å²) in [7, 11) is -2.30. The summed E-state index contributed by atoms with van der Waals surface area (Å²) in [6, 6.07) is 6.75. The molecule has 2 atom stereocenters. The molecule has 0 heterocycles. The van der Waals surface area contributed by atoms with Gasteiger partial charge in [-0.2, -0.15) is 0 Å². The van der Waals surface area contributed by atoms with Gasteiger partial charge in [0.2, 0.25) is 0 Å². The molecular weight excluding hydrogens is 356 g/mol. The molecule has 25 heavy (non-hydrogen) atoms. The van der Waals surface area contributed by atoms with E-state index >= 15 is 0 Å². The molecule has 1 rings (SSSR count). The standard InChI is InChI=1S/C19H31ClO4Si/c1-18(2,3)23-17(22)16(24-25(7,8)19(4,5)6)15(21)13-9-11-14(20)12-10-13/h9-12,15-16,21H,1-8H3. The Morgan fingerprint density at radius 1 is 1.08 bits per heavy atom. The van der Waals surface area contributed by atoms with E-state index in [-0.39, 0.29) is 5.04 Å². The molecular formula is C19H31ClO4Si. The molecule has 0 aromatic heterocycles. The normalized spacial score (nSPS) is 15.6. The smallest absolute Gasteiger partial charge is 0.337 e. The summed E-state index contributed by atoms with van der Waals surface area (Å²) in [6.07, 6.45) is -2.21. The van der Waals surface area contributed by atoms with Gasteiger partial charge in [0.05, 0.1) is 0 Å². The maximum Gasteiger partial charge on any atom is 0.337 e. The third-order valence-electron chi connectivity index (χ3n) is 4.37. The monoisotopic (exact) mass is 386 g/mol. The van der Waals surface area contributed by atoms with Crippen LogP contribution in [0.15, 0.2) is 24.3 Å². The average Bonchev–Trinajstić information content (AvgIpc) is 2.41. The summed E-state index contributed by atoms with van der Waals surface area (Å²) in [5.41, 5.74) is -0.0924. The van der Waals surface area contributed by atoms with Crippen molar-refractivity contribution in [3.05, 3.63) is 34.9 Å². The second-order valence-electron chi connectivity index (χ2n) is 8.83. The van der Waals surface area contributed by atoms with Crippen LogP contribution in [0.25, 0.3) is 0 Å². The summed E-state index contributed by atoms with van der Waals surface area (Å²) in [5, 5.41) is 11.3. The minimum Gasteiger partial charge on any atom is -0.458 e. The average molecular weight is 387 g/mol. The Morgan fingerprint density at radius 2 is 1.56 bits per heavy atom. The van der Waals surface area contributed by atoms with Gasteiger partial charge in [-0.05, 0) is 56.6 Å². The Labute approximate surface area is 157 Å². The molecule has 1 aromatic carbocycles. The fraction of sp³-hybridized carbons (Fsp3) is 0.632. The highest BCUT2D eigenvalue weighted by molar-refractivity contribution is 6.74. The van der Waals surface area contributed by atoms with Crippen molar-refractivity contribution in [3.8, 4) is 0 Å². The Balaban J connectivity index is 3.18. The van der Waals surface area contributed by atoms with Crippen LogP contribution in [0, 0.1) is 0 Å². The Kier molecular flexibility index (Phi) is 6.90. The number of halogens is 1. The number of benzene rings is 1. The maximum atomic E-state index is 12.7. The molecule has 0 aliphatic rings. The predicted octanol–water partition coefficient (Wildman–Crippen LogP) is 5.11. The van der Waals surface area contributed by atoms with E-state index in [4.69, 9.17) is 20.8 Å². The van der Waals surface area contributed by atoms with Gasteiger partial charge < -0.3 is 14.3 Å². The molecule has 0 saturated carbocycles. The molecule has 4 nitrogen and oxygen atoms in total. The van der Waals surface area contributed by atoms with Gasteiger partial charge in [0, 0.05) is 5.02 Å². The first-order chi connectivity index (χ1) is 11.1. The van der Waals surface area contributed by atoms with E-state index < -0.39 is 32.1 Å². The third-order valence-corrected chi connectivity index (χ3v) is 9.07. The van der Waals surface area contributed by atoms with Crippen LogP contribution in [0.1, 0.15) is 53.2 Å². The summed E-state index contributed by atoms with van der Waals surface area (Å²) in [6.45, 7) is 15.7. The van der Waals surface area contributed by atoms with Gasteiger partial charge in [0.25, 0.3) is 0 Å². The van der Waals surface area contributed by atoms with Crippen molar-refractivity contribution in [2.24, 2.45) is 0 Å². The molecule has 142 valence electrons. The lowest BCUT2D eigenvalue weighted by molar-refractivity contribution is -0.170. The largest absolute Gasteiger partial charge is 0.458 e. The van der Waals surface area contributed by atoms with E-state index in [1.165, 1.54) is 0 Å². The molecule has 0 spiro atoms. The molecule has 6 heteroatoms. The van der Waals surface area contributed by atoms with E-state index in [9.17, 15) is 9.90 Å². The zero-order valence-electron chi connectivity index (χ0n) is 16.5. The van der Waals surface area contributed by atoms with E-state index in [1.807, 2.05) is 13.1 Å². The summed E-state index contributed by atoms with van der Waals surface area (Å²) >= 11 is 5.91. The minimum atomic E-state index is -2.30. The second kappa shape index (κ2) is 7.78. The lowest BCUT2D eigenvalue weighted by Crippen LogP contribution is -2.49. The SMILES string of the molecule is CC(C)(C)OC(=O)C(O[Si](C)(C)C(C)(C)C)C(O)c1ccc(Cl)cc1. The molecule has 0 aliphatic heterocycles. The predicted molar refractivity (Wildman–Crippen MR) is 104 cm³/mol. The summed E-state index contributed by atoms with van der Waals surface area (Å²) in [4.78, 5) is 12.7. The molecule has 0 bridgehead atoms. The third kappa shape index (κ3) is 6.41. The highest BCUT2D eigenvalue weighted by Crippen LogP contribution is 2.39. The van der Waals surface area contributed by atoms with E-state index in [0.29, 0.717) is 10.6 Å². The maximum absolute atomic E-state index is 12.7. The lowest BCUT2D eigenvalue weighted by Gasteiger charge is -2.40. The second-order valence-corrected chi connectivity index (χ2v) is 14.0. The van der Waals surface area contributed by atoms with Gasteiger partial charge in [0.1, 0.15) is 11.7 Å². The van der Waals surface area contributed by atoms with E-state index in [2.05, 4.69) is 20.8 Å². The lowest BCUT2D eigenvalue weighted by atomic mass is 10.0. The minimum absolute atomic E-state index is 0.104. The Hall–Kier alpha value is -0.883. The molecule has 1 aromatic rings. The van der Waals surface area contributed by atoms with Crippen LogP contribution in [0.2, 0.25) is 23.2 Å². The van der Waals surface area contributed by atoms with Crippen molar-refractivity contribution < 1.29 is 19.1 Å². The first-order valence-corrected chi connectivity index (χ1v) is 11.8. The topological polar surface area (TPSA) is 55.8 Å². The molecule has 0 fully saturated rings. The number of rotatable bonds is 5. The number of esters is 1. The molecule has 0 aliphatic carbocycles. The number of carbonyl (C=O) groups is 1. The molecule has 0 saturated heterocycles. The summed E-state index contributed by atoms with van der Waals surface area (Å²) < 4.78 is 11.7. The number of aliphatic hydroxyl groups excluding tert-OH is 1. The Morgan fingerprint density at radius 3 is 1.96 bits per heavy atom. The highest BCUT2D eigenvalue weighted by Gasteiger charge is 2.44. The number of ether oxygens (including phenoxy) is 1. The first-order valence-electron chi connectivity index (χ1n) is 8.48.